The number of carbonyl (C=O) groups excluding carboxylic acids is 1. The summed E-state index contributed by atoms with van der Waals surface area (Å²) in [5.74, 6) is 0.773. The highest BCUT2D eigenvalue weighted by molar-refractivity contribution is 7.98. The Kier molecular flexibility index (Phi) is 5.73. The molecule has 7 heteroatoms. The van der Waals surface area contributed by atoms with Gasteiger partial charge in [0, 0.05) is 32.4 Å². The summed E-state index contributed by atoms with van der Waals surface area (Å²) in [5, 5.41) is 0.975. The summed E-state index contributed by atoms with van der Waals surface area (Å²) < 4.78 is 5.44. The third-order valence-electron chi connectivity index (χ3n) is 3.80. The molecule has 1 saturated heterocycles. The first-order chi connectivity index (χ1) is 10.8. The monoisotopic (exact) mass is 338 g/mol. The third-order valence-corrected chi connectivity index (χ3v) is 4.45. The standard InChI is InChI=1S/C16H26N4O2S/c1-16(2,3)22-15(21)19(4)12-7-10-20(11-8-12)14-17-9-6-13(18-14)23-5/h6,9,12H,7-8,10-11H2,1-5H3. The molecule has 0 unspecified atom stereocenters. The molecule has 1 aliphatic heterocycles. The quantitative estimate of drug-likeness (QED) is 0.624. The van der Waals surface area contributed by atoms with Crippen LogP contribution in [0.4, 0.5) is 10.7 Å². The van der Waals surface area contributed by atoms with E-state index in [4.69, 9.17) is 4.74 Å². The lowest BCUT2D eigenvalue weighted by Crippen LogP contribution is -2.47. The van der Waals surface area contributed by atoms with Gasteiger partial charge in [-0.3, -0.25) is 0 Å². The molecule has 6 nitrogen and oxygen atoms in total. The van der Waals surface area contributed by atoms with E-state index in [0.717, 1.165) is 36.9 Å². The molecule has 128 valence electrons. The number of anilines is 1. The maximum Gasteiger partial charge on any atom is 0.410 e. The smallest absolute Gasteiger partial charge is 0.410 e. The summed E-state index contributed by atoms with van der Waals surface area (Å²) in [7, 11) is 1.82. The second kappa shape index (κ2) is 7.38. The van der Waals surface area contributed by atoms with Gasteiger partial charge in [-0.2, -0.15) is 0 Å². The Balaban J connectivity index is 1.91. The first-order valence-electron chi connectivity index (χ1n) is 7.88. The Morgan fingerprint density at radius 2 is 2.04 bits per heavy atom. The fraction of sp³-hybridized carbons (Fsp3) is 0.688. The molecule has 0 atom stereocenters. The summed E-state index contributed by atoms with van der Waals surface area (Å²) in [6, 6.07) is 2.11. The van der Waals surface area contributed by atoms with Crippen LogP contribution in [0.3, 0.4) is 0 Å². The van der Waals surface area contributed by atoms with Gasteiger partial charge in [-0.1, -0.05) is 0 Å². The number of hydrogen-bond donors (Lipinski definition) is 0. The van der Waals surface area contributed by atoms with Gasteiger partial charge in [-0.05, 0) is 45.9 Å². The minimum Gasteiger partial charge on any atom is -0.444 e. The van der Waals surface area contributed by atoms with Gasteiger partial charge in [0.1, 0.15) is 10.6 Å². The summed E-state index contributed by atoms with van der Waals surface area (Å²) in [6.45, 7) is 7.34. The molecule has 1 aromatic rings. The van der Waals surface area contributed by atoms with E-state index in [1.807, 2.05) is 40.1 Å². The Labute approximate surface area is 142 Å². The molecule has 0 aliphatic carbocycles. The molecular weight excluding hydrogens is 312 g/mol. The van der Waals surface area contributed by atoms with Crippen LogP contribution in [0, 0.1) is 0 Å². The molecule has 1 aliphatic rings. The normalized spacial score (nSPS) is 16.3. The number of ether oxygens (including phenoxy) is 1. The highest BCUT2D eigenvalue weighted by atomic mass is 32.2. The van der Waals surface area contributed by atoms with Crippen LogP contribution >= 0.6 is 11.8 Å². The highest BCUT2D eigenvalue weighted by Crippen LogP contribution is 2.22. The van der Waals surface area contributed by atoms with Gasteiger partial charge < -0.3 is 14.5 Å². The Morgan fingerprint density at radius 3 is 2.61 bits per heavy atom. The maximum absolute atomic E-state index is 12.2. The van der Waals surface area contributed by atoms with Crippen LogP contribution in [0.15, 0.2) is 17.3 Å². The average Bonchev–Trinajstić information content (AvgIpc) is 2.53. The van der Waals surface area contributed by atoms with Gasteiger partial charge in [-0.15, -0.1) is 11.8 Å². The Morgan fingerprint density at radius 1 is 1.39 bits per heavy atom. The third kappa shape index (κ3) is 4.99. The molecule has 0 bridgehead atoms. The molecular formula is C16H26N4O2S. The van der Waals surface area contributed by atoms with Crippen LogP contribution in [0.2, 0.25) is 0 Å². The summed E-state index contributed by atoms with van der Waals surface area (Å²) >= 11 is 1.61. The van der Waals surface area contributed by atoms with Gasteiger partial charge in [-0.25, -0.2) is 14.8 Å². The zero-order valence-electron chi connectivity index (χ0n) is 14.6. The van der Waals surface area contributed by atoms with E-state index in [1.165, 1.54) is 0 Å². The van der Waals surface area contributed by atoms with Crippen molar-refractivity contribution in [3.05, 3.63) is 12.3 Å². The minimum absolute atomic E-state index is 0.199. The average molecular weight is 338 g/mol. The maximum atomic E-state index is 12.2. The van der Waals surface area contributed by atoms with Crippen LogP contribution in [-0.4, -0.2) is 59.0 Å². The number of piperidine rings is 1. The lowest BCUT2D eigenvalue weighted by atomic mass is 10.0. The molecule has 0 spiro atoms. The molecule has 0 saturated carbocycles. The first-order valence-corrected chi connectivity index (χ1v) is 9.10. The van der Waals surface area contributed by atoms with Crippen molar-refractivity contribution in [3.8, 4) is 0 Å². The largest absolute Gasteiger partial charge is 0.444 e. The van der Waals surface area contributed by atoms with Crippen molar-refractivity contribution in [1.29, 1.82) is 0 Å². The molecule has 2 rings (SSSR count). The summed E-state index contributed by atoms with van der Waals surface area (Å²) in [5.41, 5.74) is -0.460. The molecule has 1 aromatic heterocycles. The number of thioether (sulfide) groups is 1. The lowest BCUT2D eigenvalue weighted by molar-refractivity contribution is 0.0200. The van der Waals surface area contributed by atoms with E-state index in [2.05, 4.69) is 14.9 Å². The van der Waals surface area contributed by atoms with Crippen LogP contribution in [0.5, 0.6) is 0 Å². The van der Waals surface area contributed by atoms with Crippen LogP contribution in [-0.2, 0) is 4.74 Å². The van der Waals surface area contributed by atoms with E-state index >= 15 is 0 Å². The molecule has 2 heterocycles. The predicted octanol–water partition coefficient (Wildman–Crippen LogP) is 3.03. The minimum atomic E-state index is -0.460. The molecule has 1 amide bonds. The molecule has 23 heavy (non-hydrogen) atoms. The number of nitrogens with zero attached hydrogens (tertiary/aromatic N) is 4. The van der Waals surface area contributed by atoms with Crippen molar-refractivity contribution >= 4 is 23.8 Å². The second-order valence-corrected chi connectivity index (χ2v) is 7.53. The zero-order valence-corrected chi connectivity index (χ0v) is 15.4. The predicted molar refractivity (Wildman–Crippen MR) is 93.0 cm³/mol. The van der Waals surface area contributed by atoms with Gasteiger partial charge in [0.15, 0.2) is 0 Å². The fourth-order valence-corrected chi connectivity index (χ4v) is 2.90. The van der Waals surface area contributed by atoms with Crippen molar-refractivity contribution in [2.45, 2.75) is 50.3 Å². The van der Waals surface area contributed by atoms with Crippen molar-refractivity contribution in [1.82, 2.24) is 14.9 Å². The van der Waals surface area contributed by atoms with Gasteiger partial charge >= 0.3 is 6.09 Å². The fourth-order valence-electron chi connectivity index (χ4n) is 2.53. The zero-order chi connectivity index (χ0) is 17.0. The van der Waals surface area contributed by atoms with Crippen LogP contribution < -0.4 is 4.90 Å². The molecule has 1 fully saturated rings. The molecule has 0 aromatic carbocycles. The Hall–Kier alpha value is -1.50. The second-order valence-electron chi connectivity index (χ2n) is 6.71. The number of amides is 1. The SMILES string of the molecule is CSc1ccnc(N2CCC(N(C)C(=O)OC(C)(C)C)CC2)n1. The molecule has 0 N–H and O–H groups in total. The lowest BCUT2D eigenvalue weighted by Gasteiger charge is -2.37. The first kappa shape index (κ1) is 17.8. The van der Waals surface area contributed by atoms with Gasteiger partial charge in [0.05, 0.1) is 0 Å². The molecule has 0 radical (unpaired) electrons. The van der Waals surface area contributed by atoms with E-state index in [1.54, 1.807) is 22.9 Å². The van der Waals surface area contributed by atoms with Gasteiger partial charge in [0.2, 0.25) is 5.95 Å². The van der Waals surface area contributed by atoms with E-state index < -0.39 is 5.60 Å². The van der Waals surface area contributed by atoms with Crippen molar-refractivity contribution < 1.29 is 9.53 Å². The van der Waals surface area contributed by atoms with E-state index in [9.17, 15) is 4.79 Å². The number of carbonyl (C=O) groups is 1. The summed E-state index contributed by atoms with van der Waals surface area (Å²) in [6.07, 6.45) is 5.34. The van der Waals surface area contributed by atoms with E-state index in [-0.39, 0.29) is 12.1 Å². The van der Waals surface area contributed by atoms with Crippen molar-refractivity contribution in [2.24, 2.45) is 0 Å². The highest BCUT2D eigenvalue weighted by Gasteiger charge is 2.29. The summed E-state index contributed by atoms with van der Waals surface area (Å²) in [4.78, 5) is 25.0. The number of aromatic nitrogens is 2. The van der Waals surface area contributed by atoms with Crippen LogP contribution in [0.25, 0.3) is 0 Å². The van der Waals surface area contributed by atoms with Gasteiger partial charge in [0.25, 0.3) is 0 Å². The topological polar surface area (TPSA) is 58.6 Å². The van der Waals surface area contributed by atoms with E-state index in [0.29, 0.717) is 0 Å². The number of hydrogen-bond acceptors (Lipinski definition) is 6. The van der Waals surface area contributed by atoms with Crippen LogP contribution in [0.1, 0.15) is 33.6 Å². The van der Waals surface area contributed by atoms with Crippen molar-refractivity contribution in [2.75, 3.05) is 31.3 Å². The Bertz CT molecular complexity index is 539. The van der Waals surface area contributed by atoms with Crippen molar-refractivity contribution in [3.63, 3.8) is 0 Å². The number of rotatable bonds is 3.